The van der Waals surface area contributed by atoms with Crippen molar-refractivity contribution in [3.63, 3.8) is 0 Å². The summed E-state index contributed by atoms with van der Waals surface area (Å²) in [5.74, 6) is 1.14. The molecular formula is C20H27N5O3. The predicted molar refractivity (Wildman–Crippen MR) is 104 cm³/mol. The number of morpholine rings is 1. The maximum Gasteiger partial charge on any atom is 0.289 e. The molecule has 2 atom stereocenters. The van der Waals surface area contributed by atoms with Crippen molar-refractivity contribution in [2.24, 2.45) is 0 Å². The summed E-state index contributed by atoms with van der Waals surface area (Å²) in [4.78, 5) is 28.0. The summed E-state index contributed by atoms with van der Waals surface area (Å²) in [5, 5.41) is 0. The number of hydrogen-bond acceptors (Lipinski definition) is 7. The van der Waals surface area contributed by atoms with Crippen LogP contribution in [0.2, 0.25) is 0 Å². The van der Waals surface area contributed by atoms with Gasteiger partial charge in [-0.2, -0.15) is 0 Å². The molecule has 1 amide bonds. The number of nitrogens with zero attached hydrogens (tertiary/aromatic N) is 5. The molecule has 2 aliphatic heterocycles. The van der Waals surface area contributed by atoms with Crippen LogP contribution in [0.15, 0.2) is 35.1 Å². The maximum atomic E-state index is 12.4. The fourth-order valence-corrected chi connectivity index (χ4v) is 3.86. The van der Waals surface area contributed by atoms with Crippen molar-refractivity contribution in [3.05, 3.63) is 42.1 Å². The molecule has 0 N–H and O–H groups in total. The Kier molecular flexibility index (Phi) is 5.59. The van der Waals surface area contributed by atoms with E-state index in [2.05, 4.69) is 28.6 Å². The third kappa shape index (κ3) is 4.34. The van der Waals surface area contributed by atoms with Crippen molar-refractivity contribution in [1.82, 2.24) is 19.8 Å². The normalized spacial score (nSPS) is 23.8. The van der Waals surface area contributed by atoms with Crippen molar-refractivity contribution < 1.29 is 13.9 Å². The summed E-state index contributed by atoms with van der Waals surface area (Å²) in [6, 6.07) is 5.42. The van der Waals surface area contributed by atoms with Crippen molar-refractivity contribution in [2.45, 2.75) is 32.6 Å². The molecule has 28 heavy (non-hydrogen) atoms. The van der Waals surface area contributed by atoms with E-state index in [9.17, 15) is 4.79 Å². The first-order valence-corrected chi connectivity index (χ1v) is 9.86. The van der Waals surface area contributed by atoms with Gasteiger partial charge in [0, 0.05) is 52.0 Å². The molecule has 0 aromatic carbocycles. The monoisotopic (exact) mass is 385 g/mol. The van der Waals surface area contributed by atoms with Crippen molar-refractivity contribution in [2.75, 3.05) is 44.2 Å². The summed E-state index contributed by atoms with van der Waals surface area (Å²) in [6.45, 7) is 9.54. The lowest BCUT2D eigenvalue weighted by molar-refractivity contribution is -0.00575. The van der Waals surface area contributed by atoms with Gasteiger partial charge in [0.1, 0.15) is 0 Å². The van der Waals surface area contributed by atoms with Crippen molar-refractivity contribution in [1.29, 1.82) is 0 Å². The van der Waals surface area contributed by atoms with E-state index in [0.29, 0.717) is 18.8 Å². The molecule has 0 bridgehead atoms. The minimum atomic E-state index is -0.0375. The van der Waals surface area contributed by atoms with E-state index in [0.717, 1.165) is 44.4 Å². The highest BCUT2D eigenvalue weighted by Gasteiger charge is 2.26. The van der Waals surface area contributed by atoms with Crippen LogP contribution in [0.25, 0.3) is 0 Å². The Morgan fingerprint density at radius 2 is 1.89 bits per heavy atom. The smallest absolute Gasteiger partial charge is 0.289 e. The highest BCUT2D eigenvalue weighted by atomic mass is 16.5. The van der Waals surface area contributed by atoms with Gasteiger partial charge in [0.05, 0.1) is 24.2 Å². The van der Waals surface area contributed by atoms with Crippen LogP contribution < -0.4 is 4.90 Å². The molecule has 2 fully saturated rings. The van der Waals surface area contributed by atoms with Crippen LogP contribution in [0.3, 0.4) is 0 Å². The third-order valence-electron chi connectivity index (χ3n) is 5.18. The summed E-state index contributed by atoms with van der Waals surface area (Å²) in [6.07, 6.45) is 3.72. The lowest BCUT2D eigenvalue weighted by Crippen LogP contribution is -2.48. The molecule has 150 valence electrons. The van der Waals surface area contributed by atoms with Gasteiger partial charge in [-0.3, -0.25) is 9.69 Å². The second kappa shape index (κ2) is 8.28. The van der Waals surface area contributed by atoms with Gasteiger partial charge in [-0.25, -0.2) is 9.97 Å². The minimum absolute atomic E-state index is 0.0375. The Morgan fingerprint density at radius 3 is 2.57 bits per heavy atom. The molecule has 8 heteroatoms. The lowest BCUT2D eigenvalue weighted by atomic mass is 10.2. The van der Waals surface area contributed by atoms with Crippen LogP contribution >= 0.6 is 0 Å². The van der Waals surface area contributed by atoms with E-state index in [4.69, 9.17) is 14.1 Å². The fourth-order valence-electron chi connectivity index (χ4n) is 3.86. The second-order valence-corrected chi connectivity index (χ2v) is 7.56. The average Bonchev–Trinajstić information content (AvgIpc) is 3.22. The van der Waals surface area contributed by atoms with Gasteiger partial charge in [0.25, 0.3) is 5.91 Å². The highest BCUT2D eigenvalue weighted by Crippen LogP contribution is 2.17. The number of rotatable bonds is 4. The van der Waals surface area contributed by atoms with Gasteiger partial charge in [-0.15, -0.1) is 0 Å². The van der Waals surface area contributed by atoms with Gasteiger partial charge in [0.2, 0.25) is 5.95 Å². The SMILES string of the molecule is C[C@@H]1CN(c2nccc(CN3CCN(C(=O)c4ccco4)CC3)n2)C[C@H](C)O1. The number of furan rings is 1. The van der Waals surface area contributed by atoms with E-state index >= 15 is 0 Å². The number of amides is 1. The fraction of sp³-hybridized carbons (Fsp3) is 0.550. The Balaban J connectivity index is 1.33. The average molecular weight is 385 g/mol. The second-order valence-electron chi connectivity index (χ2n) is 7.56. The molecular weight excluding hydrogens is 358 g/mol. The zero-order valence-corrected chi connectivity index (χ0v) is 16.5. The summed E-state index contributed by atoms with van der Waals surface area (Å²) in [7, 11) is 0. The molecule has 2 aromatic heterocycles. The first-order chi connectivity index (χ1) is 13.6. The number of ether oxygens (including phenoxy) is 1. The number of hydrogen-bond donors (Lipinski definition) is 0. The predicted octanol–water partition coefficient (Wildman–Crippen LogP) is 1.64. The Labute approximate surface area is 165 Å². The number of carbonyl (C=O) groups excluding carboxylic acids is 1. The molecule has 2 aliphatic rings. The zero-order valence-electron chi connectivity index (χ0n) is 16.5. The Hall–Kier alpha value is -2.45. The Morgan fingerprint density at radius 1 is 1.14 bits per heavy atom. The maximum absolute atomic E-state index is 12.4. The summed E-state index contributed by atoms with van der Waals surface area (Å²) in [5.41, 5.74) is 1.00. The van der Waals surface area contributed by atoms with Gasteiger partial charge in [-0.1, -0.05) is 0 Å². The van der Waals surface area contributed by atoms with Crippen LogP contribution in [0, 0.1) is 0 Å². The number of aromatic nitrogens is 2. The molecule has 0 unspecified atom stereocenters. The van der Waals surface area contributed by atoms with Gasteiger partial charge < -0.3 is 19.0 Å². The van der Waals surface area contributed by atoms with Gasteiger partial charge >= 0.3 is 0 Å². The highest BCUT2D eigenvalue weighted by molar-refractivity contribution is 5.91. The van der Waals surface area contributed by atoms with E-state index in [-0.39, 0.29) is 18.1 Å². The molecule has 8 nitrogen and oxygen atoms in total. The first kappa shape index (κ1) is 18.9. The quantitative estimate of drug-likeness (QED) is 0.792. The van der Waals surface area contributed by atoms with Crippen LogP contribution in [0.1, 0.15) is 30.1 Å². The molecule has 0 saturated carbocycles. The van der Waals surface area contributed by atoms with E-state index in [1.807, 2.05) is 17.2 Å². The molecule has 0 aliphatic carbocycles. The molecule has 0 spiro atoms. The van der Waals surface area contributed by atoms with Gasteiger partial charge in [-0.05, 0) is 32.0 Å². The Bertz CT molecular complexity index is 779. The molecule has 4 heterocycles. The van der Waals surface area contributed by atoms with Crippen molar-refractivity contribution >= 4 is 11.9 Å². The number of anilines is 1. The van der Waals surface area contributed by atoms with Crippen molar-refractivity contribution in [3.8, 4) is 0 Å². The number of carbonyl (C=O) groups is 1. The topological polar surface area (TPSA) is 74.9 Å². The molecule has 2 aromatic rings. The first-order valence-electron chi connectivity index (χ1n) is 9.86. The molecule has 4 rings (SSSR count). The standard InChI is InChI=1S/C20H27N5O3/c1-15-12-25(13-16(2)28-15)20-21-6-5-17(22-20)14-23-7-9-24(10-8-23)19(26)18-4-3-11-27-18/h3-6,11,15-16H,7-10,12-14H2,1-2H3/t15-,16+. The van der Waals surface area contributed by atoms with Crippen LogP contribution in [-0.4, -0.2) is 77.2 Å². The van der Waals surface area contributed by atoms with Crippen LogP contribution in [-0.2, 0) is 11.3 Å². The largest absolute Gasteiger partial charge is 0.459 e. The van der Waals surface area contributed by atoms with E-state index in [1.165, 1.54) is 6.26 Å². The van der Waals surface area contributed by atoms with Crippen LogP contribution in [0.4, 0.5) is 5.95 Å². The minimum Gasteiger partial charge on any atom is -0.459 e. The lowest BCUT2D eigenvalue weighted by Gasteiger charge is -2.36. The third-order valence-corrected chi connectivity index (χ3v) is 5.18. The van der Waals surface area contributed by atoms with E-state index < -0.39 is 0 Å². The van der Waals surface area contributed by atoms with Crippen LogP contribution in [0.5, 0.6) is 0 Å². The zero-order chi connectivity index (χ0) is 19.5. The molecule has 2 saturated heterocycles. The summed E-state index contributed by atoms with van der Waals surface area (Å²) < 4.78 is 11.0. The molecule has 0 radical (unpaired) electrons. The number of piperazine rings is 1. The van der Waals surface area contributed by atoms with Gasteiger partial charge in [0.15, 0.2) is 5.76 Å². The summed E-state index contributed by atoms with van der Waals surface area (Å²) >= 11 is 0. The van der Waals surface area contributed by atoms with E-state index in [1.54, 1.807) is 12.1 Å².